The Morgan fingerprint density at radius 3 is 2.42 bits per heavy atom. The number of methoxy groups -OCH3 is 1. The van der Waals surface area contributed by atoms with Gasteiger partial charge in [0.1, 0.15) is 11.6 Å². The highest BCUT2D eigenvalue weighted by Crippen LogP contribution is 2.30. The van der Waals surface area contributed by atoms with Gasteiger partial charge in [-0.3, -0.25) is 4.79 Å². The second-order valence-electron chi connectivity index (χ2n) is 4.15. The van der Waals surface area contributed by atoms with Gasteiger partial charge in [0.15, 0.2) is 0 Å². The molecule has 0 aliphatic heterocycles. The van der Waals surface area contributed by atoms with Crippen LogP contribution < -0.4 is 16.2 Å². The van der Waals surface area contributed by atoms with Gasteiger partial charge >= 0.3 is 0 Å². The summed E-state index contributed by atoms with van der Waals surface area (Å²) in [5.41, 5.74) is 13.9. The van der Waals surface area contributed by atoms with Crippen LogP contribution in [0.3, 0.4) is 0 Å². The molecular formula is C14H15N3O2. The number of rotatable bonds is 3. The van der Waals surface area contributed by atoms with Gasteiger partial charge in [0.25, 0.3) is 0 Å². The van der Waals surface area contributed by atoms with Gasteiger partial charge in [0.05, 0.1) is 12.8 Å². The summed E-state index contributed by atoms with van der Waals surface area (Å²) in [7, 11) is 1.58. The Bertz CT molecular complexity index is 621. The lowest BCUT2D eigenvalue weighted by atomic mass is 10.0. The number of hydrogen-bond donors (Lipinski definition) is 2. The molecule has 2 rings (SSSR count). The van der Waals surface area contributed by atoms with Gasteiger partial charge in [-0.25, -0.2) is 4.98 Å². The maximum Gasteiger partial charge on any atom is 0.248 e. The zero-order valence-corrected chi connectivity index (χ0v) is 10.8. The Morgan fingerprint density at radius 2 is 1.89 bits per heavy atom. The molecule has 0 atom stereocenters. The number of primary amides is 1. The van der Waals surface area contributed by atoms with Crippen LogP contribution in [0.4, 0.5) is 5.82 Å². The van der Waals surface area contributed by atoms with Crippen LogP contribution in [0.5, 0.6) is 5.75 Å². The summed E-state index contributed by atoms with van der Waals surface area (Å²) in [4.78, 5) is 15.3. The molecule has 0 radical (unpaired) electrons. The predicted molar refractivity (Wildman–Crippen MR) is 73.9 cm³/mol. The van der Waals surface area contributed by atoms with Crippen LogP contribution in [0, 0.1) is 6.92 Å². The van der Waals surface area contributed by atoms with Crippen molar-refractivity contribution in [2.45, 2.75) is 6.92 Å². The number of ether oxygens (including phenoxy) is 1. The van der Waals surface area contributed by atoms with Crippen molar-refractivity contribution in [2.75, 3.05) is 12.8 Å². The van der Waals surface area contributed by atoms with Crippen molar-refractivity contribution in [3.05, 3.63) is 41.6 Å². The molecule has 4 N–H and O–H groups in total. The van der Waals surface area contributed by atoms with Crippen LogP contribution in [-0.2, 0) is 0 Å². The summed E-state index contributed by atoms with van der Waals surface area (Å²) in [6, 6.07) is 8.70. The number of nitrogens with zero attached hydrogens (tertiary/aromatic N) is 1. The molecule has 0 bridgehead atoms. The van der Waals surface area contributed by atoms with E-state index in [1.807, 2.05) is 13.0 Å². The predicted octanol–water partition coefficient (Wildman–Crippen LogP) is 1.75. The van der Waals surface area contributed by atoms with Crippen molar-refractivity contribution in [3.63, 3.8) is 0 Å². The van der Waals surface area contributed by atoms with Gasteiger partial charge in [-0.05, 0) is 30.7 Å². The van der Waals surface area contributed by atoms with E-state index in [9.17, 15) is 4.79 Å². The molecule has 0 unspecified atom stereocenters. The van der Waals surface area contributed by atoms with Crippen molar-refractivity contribution in [2.24, 2.45) is 5.73 Å². The maximum atomic E-state index is 11.0. The number of anilines is 1. The fourth-order valence-electron chi connectivity index (χ4n) is 1.86. The summed E-state index contributed by atoms with van der Waals surface area (Å²) < 4.78 is 5.23. The highest BCUT2D eigenvalue weighted by Gasteiger charge is 2.10. The van der Waals surface area contributed by atoms with Gasteiger partial charge in [-0.15, -0.1) is 0 Å². The normalized spacial score (nSPS) is 10.2. The molecule has 0 fully saturated rings. The summed E-state index contributed by atoms with van der Waals surface area (Å²) in [6.07, 6.45) is 0. The molecule has 1 heterocycles. The van der Waals surface area contributed by atoms with Crippen molar-refractivity contribution in [1.82, 2.24) is 4.98 Å². The van der Waals surface area contributed by atoms with Gasteiger partial charge in [0, 0.05) is 11.1 Å². The highest BCUT2D eigenvalue weighted by atomic mass is 16.5. The third-order valence-electron chi connectivity index (χ3n) is 2.90. The average molecular weight is 257 g/mol. The Kier molecular flexibility index (Phi) is 3.37. The number of pyridine rings is 1. The van der Waals surface area contributed by atoms with E-state index in [1.54, 1.807) is 31.4 Å². The summed E-state index contributed by atoms with van der Waals surface area (Å²) in [5.74, 6) is 0.632. The largest absolute Gasteiger partial charge is 0.495 e. The van der Waals surface area contributed by atoms with Gasteiger partial charge < -0.3 is 16.2 Å². The SMILES string of the molecule is COc1cc(-c2ccc(C(N)=O)cc2)c(N)nc1C. The first kappa shape index (κ1) is 12.9. The molecule has 0 saturated heterocycles. The van der Waals surface area contributed by atoms with Crippen LogP contribution in [0.2, 0.25) is 0 Å². The summed E-state index contributed by atoms with van der Waals surface area (Å²) >= 11 is 0. The molecule has 0 aliphatic carbocycles. The highest BCUT2D eigenvalue weighted by molar-refractivity contribution is 5.93. The van der Waals surface area contributed by atoms with E-state index in [4.69, 9.17) is 16.2 Å². The monoisotopic (exact) mass is 257 g/mol. The number of nitrogens with two attached hydrogens (primary N) is 2. The number of carbonyl (C=O) groups is 1. The minimum Gasteiger partial charge on any atom is -0.495 e. The smallest absolute Gasteiger partial charge is 0.248 e. The van der Waals surface area contributed by atoms with Crippen LogP contribution in [0.25, 0.3) is 11.1 Å². The van der Waals surface area contributed by atoms with E-state index in [0.29, 0.717) is 17.1 Å². The summed E-state index contributed by atoms with van der Waals surface area (Å²) in [5, 5.41) is 0. The van der Waals surface area contributed by atoms with E-state index < -0.39 is 5.91 Å². The van der Waals surface area contributed by atoms with E-state index in [2.05, 4.69) is 4.98 Å². The molecule has 0 saturated carbocycles. The van der Waals surface area contributed by atoms with Gasteiger partial charge in [-0.1, -0.05) is 12.1 Å². The molecule has 0 aliphatic rings. The first-order valence-corrected chi connectivity index (χ1v) is 5.74. The van der Waals surface area contributed by atoms with Crippen LogP contribution in [-0.4, -0.2) is 18.0 Å². The summed E-state index contributed by atoms with van der Waals surface area (Å²) in [6.45, 7) is 1.83. The third-order valence-corrected chi connectivity index (χ3v) is 2.90. The first-order chi connectivity index (χ1) is 9.02. The number of aromatic nitrogens is 1. The number of carbonyl (C=O) groups excluding carboxylic acids is 1. The fraction of sp³-hybridized carbons (Fsp3) is 0.143. The Hall–Kier alpha value is -2.56. The van der Waals surface area contributed by atoms with Gasteiger partial charge in [0.2, 0.25) is 5.91 Å². The molecule has 2 aromatic rings. The zero-order chi connectivity index (χ0) is 14.0. The van der Waals surface area contributed by atoms with Gasteiger partial charge in [-0.2, -0.15) is 0 Å². The Morgan fingerprint density at radius 1 is 1.26 bits per heavy atom. The average Bonchev–Trinajstić information content (AvgIpc) is 2.39. The van der Waals surface area contributed by atoms with E-state index in [0.717, 1.165) is 16.8 Å². The second-order valence-corrected chi connectivity index (χ2v) is 4.15. The van der Waals surface area contributed by atoms with Crippen molar-refractivity contribution in [3.8, 4) is 16.9 Å². The molecule has 5 heteroatoms. The lowest BCUT2D eigenvalue weighted by Gasteiger charge is -2.10. The van der Waals surface area contributed by atoms with Crippen LogP contribution in [0.15, 0.2) is 30.3 Å². The Labute approximate surface area is 111 Å². The number of amides is 1. The van der Waals surface area contributed by atoms with Crippen LogP contribution in [0.1, 0.15) is 16.1 Å². The Balaban J connectivity index is 2.49. The number of aryl methyl sites for hydroxylation is 1. The molecule has 1 aromatic carbocycles. The lowest BCUT2D eigenvalue weighted by Crippen LogP contribution is -2.10. The fourth-order valence-corrected chi connectivity index (χ4v) is 1.86. The van der Waals surface area contributed by atoms with Crippen LogP contribution >= 0.6 is 0 Å². The maximum absolute atomic E-state index is 11.0. The van der Waals surface area contributed by atoms with E-state index in [-0.39, 0.29) is 0 Å². The zero-order valence-electron chi connectivity index (χ0n) is 10.8. The van der Waals surface area contributed by atoms with E-state index in [1.165, 1.54) is 0 Å². The van der Waals surface area contributed by atoms with Crippen molar-refractivity contribution in [1.29, 1.82) is 0 Å². The number of nitrogen functional groups attached to an aromatic ring is 1. The molecule has 1 amide bonds. The van der Waals surface area contributed by atoms with E-state index >= 15 is 0 Å². The molecule has 19 heavy (non-hydrogen) atoms. The standard InChI is InChI=1S/C14H15N3O2/c1-8-12(19-2)7-11(13(15)17-8)9-3-5-10(6-4-9)14(16)18/h3-7H,1-2H3,(H2,15,17)(H2,16,18). The minimum atomic E-state index is -0.459. The quantitative estimate of drug-likeness (QED) is 0.876. The molecule has 0 spiro atoms. The number of hydrogen-bond acceptors (Lipinski definition) is 4. The molecular weight excluding hydrogens is 242 g/mol. The molecule has 5 nitrogen and oxygen atoms in total. The van der Waals surface area contributed by atoms with Crippen molar-refractivity contribution < 1.29 is 9.53 Å². The molecule has 98 valence electrons. The lowest BCUT2D eigenvalue weighted by molar-refractivity contribution is 0.100. The third kappa shape index (κ3) is 2.49. The molecule has 1 aromatic heterocycles. The topological polar surface area (TPSA) is 91.2 Å². The second kappa shape index (κ2) is 4.97. The first-order valence-electron chi connectivity index (χ1n) is 5.74. The number of benzene rings is 1. The minimum absolute atomic E-state index is 0.421. The van der Waals surface area contributed by atoms with Crippen molar-refractivity contribution >= 4 is 11.7 Å².